The smallest absolute Gasteiger partial charge is 0.331 e. The summed E-state index contributed by atoms with van der Waals surface area (Å²) in [7, 11) is 3.08. The SMILES string of the molecule is COc1ccc(/C=C/C(=O)OCC(=O)c2cccc(Br)c2)cc1OC. The number of carbonyl (C=O) groups excluding carboxylic acids is 2. The van der Waals surface area contributed by atoms with Crippen molar-refractivity contribution >= 4 is 33.8 Å². The molecule has 5 nitrogen and oxygen atoms in total. The molecule has 0 amide bonds. The summed E-state index contributed by atoms with van der Waals surface area (Å²) in [6.45, 7) is -0.314. The minimum Gasteiger partial charge on any atom is -0.493 e. The van der Waals surface area contributed by atoms with Crippen LogP contribution in [0.15, 0.2) is 53.0 Å². The molecule has 2 rings (SSSR count). The maximum absolute atomic E-state index is 12.0. The monoisotopic (exact) mass is 404 g/mol. The van der Waals surface area contributed by atoms with E-state index in [1.54, 1.807) is 49.6 Å². The molecule has 2 aromatic rings. The molecule has 0 aliphatic rings. The van der Waals surface area contributed by atoms with Gasteiger partial charge in [-0.15, -0.1) is 0 Å². The fourth-order valence-corrected chi connectivity index (χ4v) is 2.45. The molecular formula is C19H17BrO5. The van der Waals surface area contributed by atoms with Gasteiger partial charge in [0.05, 0.1) is 14.2 Å². The second-order valence-corrected chi connectivity index (χ2v) is 5.90. The van der Waals surface area contributed by atoms with Crippen molar-refractivity contribution in [3.05, 3.63) is 64.1 Å². The van der Waals surface area contributed by atoms with E-state index in [9.17, 15) is 9.59 Å². The van der Waals surface area contributed by atoms with Crippen LogP contribution in [0.1, 0.15) is 15.9 Å². The molecule has 0 bridgehead atoms. The van der Waals surface area contributed by atoms with Crippen LogP contribution in [0.5, 0.6) is 11.5 Å². The average molecular weight is 405 g/mol. The predicted octanol–water partition coefficient (Wildman–Crippen LogP) is 3.91. The number of benzene rings is 2. The molecule has 0 aliphatic carbocycles. The van der Waals surface area contributed by atoms with E-state index in [0.29, 0.717) is 17.1 Å². The van der Waals surface area contributed by atoms with Gasteiger partial charge in [-0.2, -0.15) is 0 Å². The van der Waals surface area contributed by atoms with Crippen molar-refractivity contribution in [2.24, 2.45) is 0 Å². The summed E-state index contributed by atoms with van der Waals surface area (Å²) in [5.74, 6) is 0.289. The average Bonchev–Trinajstić information content (AvgIpc) is 2.64. The summed E-state index contributed by atoms with van der Waals surface area (Å²) in [5, 5.41) is 0. The van der Waals surface area contributed by atoms with Crippen molar-refractivity contribution in [3.8, 4) is 11.5 Å². The Hall–Kier alpha value is -2.60. The molecule has 0 aromatic heterocycles. The molecule has 0 saturated heterocycles. The molecule has 0 heterocycles. The molecule has 2 aromatic carbocycles. The second-order valence-electron chi connectivity index (χ2n) is 4.99. The number of esters is 1. The lowest BCUT2D eigenvalue weighted by atomic mass is 10.1. The Morgan fingerprint density at radius 2 is 1.80 bits per heavy atom. The number of rotatable bonds is 7. The first-order valence-corrected chi connectivity index (χ1v) is 8.18. The number of Topliss-reactive ketones (excluding diaryl/α,β-unsaturated/α-hetero) is 1. The Labute approximate surface area is 154 Å². The van der Waals surface area contributed by atoms with Gasteiger partial charge in [0.25, 0.3) is 0 Å². The molecule has 0 unspecified atom stereocenters. The highest BCUT2D eigenvalue weighted by Gasteiger charge is 2.09. The lowest BCUT2D eigenvalue weighted by molar-refractivity contribution is -0.136. The van der Waals surface area contributed by atoms with Gasteiger partial charge in [0.1, 0.15) is 0 Å². The number of ether oxygens (including phenoxy) is 3. The van der Waals surface area contributed by atoms with E-state index >= 15 is 0 Å². The van der Waals surface area contributed by atoms with Crippen molar-refractivity contribution in [1.29, 1.82) is 0 Å². The van der Waals surface area contributed by atoms with E-state index in [1.165, 1.54) is 13.2 Å². The van der Waals surface area contributed by atoms with Gasteiger partial charge in [-0.3, -0.25) is 4.79 Å². The van der Waals surface area contributed by atoms with Gasteiger partial charge in [-0.25, -0.2) is 4.79 Å². The molecule has 0 atom stereocenters. The maximum atomic E-state index is 12.0. The number of ketones is 1. The van der Waals surface area contributed by atoms with Gasteiger partial charge in [0.2, 0.25) is 0 Å². The number of hydrogen-bond donors (Lipinski definition) is 0. The van der Waals surface area contributed by atoms with Crippen LogP contribution in [0.2, 0.25) is 0 Å². The van der Waals surface area contributed by atoms with Crippen LogP contribution >= 0.6 is 15.9 Å². The minimum atomic E-state index is -0.599. The Balaban J connectivity index is 1.93. The number of methoxy groups -OCH3 is 2. The lowest BCUT2D eigenvalue weighted by Crippen LogP contribution is -2.12. The van der Waals surface area contributed by atoms with Crippen LogP contribution in [0.3, 0.4) is 0 Å². The van der Waals surface area contributed by atoms with E-state index in [1.807, 2.05) is 6.07 Å². The van der Waals surface area contributed by atoms with Crippen LogP contribution in [-0.2, 0) is 9.53 Å². The Kier molecular flexibility index (Phi) is 6.77. The highest BCUT2D eigenvalue weighted by Crippen LogP contribution is 2.27. The standard InChI is InChI=1S/C19H17BrO5/c1-23-17-8-6-13(10-18(17)24-2)7-9-19(22)25-12-16(21)14-4-3-5-15(20)11-14/h3-11H,12H2,1-2H3/b9-7+. The Morgan fingerprint density at radius 1 is 1.04 bits per heavy atom. The van der Waals surface area contributed by atoms with Gasteiger partial charge in [-0.05, 0) is 35.9 Å². The molecule has 0 N–H and O–H groups in total. The van der Waals surface area contributed by atoms with Crippen molar-refractivity contribution in [3.63, 3.8) is 0 Å². The molecule has 0 aliphatic heterocycles. The maximum Gasteiger partial charge on any atom is 0.331 e. The predicted molar refractivity (Wildman–Crippen MR) is 98.0 cm³/mol. The topological polar surface area (TPSA) is 61.8 Å². The van der Waals surface area contributed by atoms with Gasteiger partial charge in [0.15, 0.2) is 23.9 Å². The second kappa shape index (κ2) is 9.03. The fraction of sp³-hybridized carbons (Fsp3) is 0.158. The van der Waals surface area contributed by atoms with E-state index in [2.05, 4.69) is 15.9 Å². The van der Waals surface area contributed by atoms with Crippen LogP contribution in [0.25, 0.3) is 6.08 Å². The van der Waals surface area contributed by atoms with E-state index in [4.69, 9.17) is 14.2 Å². The van der Waals surface area contributed by atoms with Crippen LogP contribution < -0.4 is 9.47 Å². The van der Waals surface area contributed by atoms with Crippen LogP contribution in [-0.4, -0.2) is 32.6 Å². The zero-order valence-corrected chi connectivity index (χ0v) is 15.4. The number of hydrogen-bond acceptors (Lipinski definition) is 5. The first-order chi connectivity index (χ1) is 12.0. The molecular weight excluding hydrogens is 388 g/mol. The fourth-order valence-electron chi connectivity index (χ4n) is 2.05. The van der Waals surface area contributed by atoms with Crippen molar-refractivity contribution < 1.29 is 23.8 Å². The number of halogens is 1. The van der Waals surface area contributed by atoms with Gasteiger partial charge < -0.3 is 14.2 Å². The van der Waals surface area contributed by atoms with Crippen molar-refractivity contribution in [1.82, 2.24) is 0 Å². The van der Waals surface area contributed by atoms with Gasteiger partial charge in [0, 0.05) is 16.1 Å². The highest BCUT2D eigenvalue weighted by molar-refractivity contribution is 9.10. The van der Waals surface area contributed by atoms with Gasteiger partial charge >= 0.3 is 5.97 Å². The number of carbonyl (C=O) groups is 2. The summed E-state index contributed by atoms with van der Waals surface area (Å²) < 4.78 is 16.1. The van der Waals surface area contributed by atoms with Crippen LogP contribution in [0, 0.1) is 0 Å². The molecule has 25 heavy (non-hydrogen) atoms. The first kappa shape index (κ1) is 18.7. The van der Waals surface area contributed by atoms with Crippen molar-refractivity contribution in [2.75, 3.05) is 20.8 Å². The highest BCUT2D eigenvalue weighted by atomic mass is 79.9. The third-order valence-corrected chi connectivity index (χ3v) is 3.80. The van der Waals surface area contributed by atoms with Gasteiger partial charge in [-0.1, -0.05) is 34.1 Å². The third-order valence-electron chi connectivity index (χ3n) is 3.31. The third kappa shape index (κ3) is 5.46. The molecule has 0 radical (unpaired) electrons. The largest absolute Gasteiger partial charge is 0.493 e. The Bertz CT molecular complexity index is 798. The summed E-state index contributed by atoms with van der Waals surface area (Å²) in [5.41, 5.74) is 1.22. The van der Waals surface area contributed by atoms with Crippen LogP contribution in [0.4, 0.5) is 0 Å². The zero-order chi connectivity index (χ0) is 18.2. The quantitative estimate of drug-likeness (QED) is 0.397. The molecule has 0 fully saturated rings. The zero-order valence-electron chi connectivity index (χ0n) is 13.8. The molecule has 6 heteroatoms. The first-order valence-electron chi connectivity index (χ1n) is 7.39. The molecule has 0 saturated carbocycles. The normalized spacial score (nSPS) is 10.5. The van der Waals surface area contributed by atoms with E-state index in [0.717, 1.165) is 10.0 Å². The Morgan fingerprint density at radius 3 is 2.48 bits per heavy atom. The minimum absolute atomic E-state index is 0.269. The molecule has 130 valence electrons. The molecule has 0 spiro atoms. The summed E-state index contributed by atoms with van der Waals surface area (Å²) in [6, 6.07) is 12.1. The van der Waals surface area contributed by atoms with Crippen molar-refractivity contribution in [2.45, 2.75) is 0 Å². The summed E-state index contributed by atoms with van der Waals surface area (Å²) in [4.78, 5) is 23.7. The lowest BCUT2D eigenvalue weighted by Gasteiger charge is -2.07. The summed E-state index contributed by atoms with van der Waals surface area (Å²) in [6.07, 6.45) is 2.84. The van der Waals surface area contributed by atoms with E-state index < -0.39 is 5.97 Å². The van der Waals surface area contributed by atoms with E-state index in [-0.39, 0.29) is 12.4 Å². The summed E-state index contributed by atoms with van der Waals surface area (Å²) >= 11 is 3.29.